The molecule has 1 amide bonds. The molecular formula is C11H14INO3. The third-order valence-electron chi connectivity index (χ3n) is 2.17. The van der Waals surface area contributed by atoms with Crippen LogP contribution in [0, 0.1) is 3.57 Å². The number of ether oxygens (including phenoxy) is 1. The lowest BCUT2D eigenvalue weighted by atomic mass is 10.1. The van der Waals surface area contributed by atoms with Crippen molar-refractivity contribution in [2.45, 2.75) is 19.1 Å². The fourth-order valence-corrected chi connectivity index (χ4v) is 1.97. The Hall–Kier alpha value is -0.820. The molecule has 0 aliphatic carbocycles. The monoisotopic (exact) mass is 335 g/mol. The maximum atomic E-state index is 11.0. The number of halogens is 1. The number of aliphatic hydroxyl groups excluding tert-OH is 1. The first-order chi connectivity index (χ1) is 7.56. The van der Waals surface area contributed by atoms with Crippen LogP contribution in [0.2, 0.25) is 0 Å². The highest BCUT2D eigenvalue weighted by Crippen LogP contribution is 2.23. The fourth-order valence-electron chi connectivity index (χ4n) is 1.26. The molecule has 0 heterocycles. The molecule has 0 aliphatic heterocycles. The summed E-state index contributed by atoms with van der Waals surface area (Å²) in [7, 11) is 1.48. The molecule has 2 atom stereocenters. The minimum atomic E-state index is -0.814. The number of amides is 1. The van der Waals surface area contributed by atoms with Gasteiger partial charge in [-0.2, -0.15) is 0 Å². The van der Waals surface area contributed by atoms with Crippen molar-refractivity contribution in [1.82, 2.24) is 5.32 Å². The third kappa shape index (κ3) is 3.34. The first kappa shape index (κ1) is 13.2. The molecule has 2 N–H and O–H groups in total. The average Bonchev–Trinajstić information content (AvgIpc) is 2.28. The highest BCUT2D eigenvalue weighted by molar-refractivity contribution is 14.1. The second-order valence-corrected chi connectivity index (χ2v) is 4.49. The van der Waals surface area contributed by atoms with Crippen LogP contribution in [0.5, 0.6) is 0 Å². The van der Waals surface area contributed by atoms with Gasteiger partial charge in [0.2, 0.25) is 0 Å². The molecule has 0 radical (unpaired) electrons. The summed E-state index contributed by atoms with van der Waals surface area (Å²) in [6.45, 7) is 1.66. The first-order valence-electron chi connectivity index (χ1n) is 4.87. The summed E-state index contributed by atoms with van der Waals surface area (Å²) < 4.78 is 5.91. The van der Waals surface area contributed by atoms with Gasteiger partial charge in [0.15, 0.2) is 0 Å². The van der Waals surface area contributed by atoms with Crippen LogP contribution in [-0.4, -0.2) is 24.4 Å². The van der Waals surface area contributed by atoms with Gasteiger partial charge in [0, 0.05) is 10.6 Å². The molecule has 0 aromatic heterocycles. The Bertz CT molecular complexity index is 370. The maximum absolute atomic E-state index is 11.0. The zero-order valence-electron chi connectivity index (χ0n) is 9.11. The van der Waals surface area contributed by atoms with E-state index in [1.807, 2.05) is 24.3 Å². The van der Waals surface area contributed by atoms with Gasteiger partial charge in [-0.15, -0.1) is 0 Å². The van der Waals surface area contributed by atoms with E-state index in [2.05, 4.69) is 27.9 Å². The van der Waals surface area contributed by atoms with Crippen LogP contribution < -0.4 is 5.32 Å². The van der Waals surface area contributed by atoms with Crippen LogP contribution in [-0.2, 0) is 4.74 Å². The quantitative estimate of drug-likeness (QED) is 0.832. The van der Waals surface area contributed by atoms with E-state index in [0.29, 0.717) is 0 Å². The molecule has 16 heavy (non-hydrogen) atoms. The van der Waals surface area contributed by atoms with Crippen molar-refractivity contribution < 1.29 is 14.6 Å². The molecule has 0 bridgehead atoms. The largest absolute Gasteiger partial charge is 0.443 e. The van der Waals surface area contributed by atoms with Gasteiger partial charge in [-0.3, -0.25) is 0 Å². The molecule has 0 spiro atoms. The Morgan fingerprint density at radius 3 is 2.69 bits per heavy atom. The molecule has 1 unspecified atom stereocenters. The van der Waals surface area contributed by atoms with E-state index in [0.717, 1.165) is 9.13 Å². The van der Waals surface area contributed by atoms with Gasteiger partial charge in [0.05, 0.1) is 0 Å². The van der Waals surface area contributed by atoms with Crippen LogP contribution in [0.25, 0.3) is 0 Å². The molecule has 0 saturated heterocycles. The molecular weight excluding hydrogens is 321 g/mol. The lowest BCUT2D eigenvalue weighted by Crippen LogP contribution is -2.28. The number of rotatable bonds is 3. The predicted octanol–water partition coefficient (Wildman–Crippen LogP) is 2.07. The van der Waals surface area contributed by atoms with Crippen LogP contribution in [0.1, 0.15) is 18.6 Å². The van der Waals surface area contributed by atoms with E-state index < -0.39 is 18.3 Å². The lowest BCUT2D eigenvalue weighted by molar-refractivity contribution is 0.0123. The van der Waals surface area contributed by atoms with Crippen molar-refractivity contribution in [2.75, 3.05) is 7.05 Å². The van der Waals surface area contributed by atoms with Crippen LogP contribution in [0.4, 0.5) is 4.79 Å². The van der Waals surface area contributed by atoms with Gasteiger partial charge in [0.1, 0.15) is 12.2 Å². The number of carbonyl (C=O) groups excluding carboxylic acids is 1. The van der Waals surface area contributed by atoms with Gasteiger partial charge in [0.25, 0.3) is 0 Å². The van der Waals surface area contributed by atoms with Crippen LogP contribution in [0.3, 0.4) is 0 Å². The highest BCUT2D eigenvalue weighted by Gasteiger charge is 2.21. The van der Waals surface area contributed by atoms with Crippen molar-refractivity contribution in [3.8, 4) is 0 Å². The minimum absolute atomic E-state index is 0.544. The molecule has 0 aliphatic rings. The zero-order valence-corrected chi connectivity index (χ0v) is 11.3. The Labute approximate surface area is 108 Å². The summed E-state index contributed by atoms with van der Waals surface area (Å²) in [6, 6.07) is 7.44. The zero-order chi connectivity index (χ0) is 12.1. The number of carbonyl (C=O) groups is 1. The molecule has 0 fully saturated rings. The first-order valence-corrected chi connectivity index (χ1v) is 5.95. The highest BCUT2D eigenvalue weighted by atomic mass is 127. The number of benzene rings is 1. The Kier molecular flexibility index (Phi) is 5.01. The number of alkyl carbamates (subject to hydrolysis) is 1. The van der Waals surface area contributed by atoms with E-state index in [4.69, 9.17) is 4.74 Å². The second kappa shape index (κ2) is 6.05. The maximum Gasteiger partial charge on any atom is 0.407 e. The Balaban J connectivity index is 2.74. The molecule has 5 heteroatoms. The van der Waals surface area contributed by atoms with Crippen molar-refractivity contribution in [3.05, 3.63) is 33.4 Å². The van der Waals surface area contributed by atoms with Gasteiger partial charge >= 0.3 is 6.09 Å². The summed E-state index contributed by atoms with van der Waals surface area (Å²) >= 11 is 2.14. The summed E-state index contributed by atoms with van der Waals surface area (Å²) in [5, 5.41) is 12.3. The molecule has 0 saturated carbocycles. The molecule has 4 nitrogen and oxygen atoms in total. The SMILES string of the molecule is CNC(=O)OC(C)[C@@H](O)c1ccccc1I. The number of aliphatic hydroxyl groups is 1. The van der Waals surface area contributed by atoms with E-state index >= 15 is 0 Å². The van der Waals surface area contributed by atoms with Crippen molar-refractivity contribution in [2.24, 2.45) is 0 Å². The number of hydrogen-bond donors (Lipinski definition) is 2. The van der Waals surface area contributed by atoms with Gasteiger partial charge in [-0.1, -0.05) is 18.2 Å². The Morgan fingerprint density at radius 1 is 1.50 bits per heavy atom. The fraction of sp³-hybridized carbons (Fsp3) is 0.364. The Morgan fingerprint density at radius 2 is 2.12 bits per heavy atom. The second-order valence-electron chi connectivity index (χ2n) is 3.33. The van der Waals surface area contributed by atoms with Crippen molar-refractivity contribution in [1.29, 1.82) is 0 Å². The standard InChI is InChI=1S/C11H14INO3/c1-7(16-11(15)13-2)10(14)8-5-3-4-6-9(8)12/h3-7,10,14H,1-2H3,(H,13,15)/t7?,10-/m1/s1. The number of hydrogen-bond acceptors (Lipinski definition) is 3. The minimum Gasteiger partial charge on any atom is -0.443 e. The molecule has 1 rings (SSSR count). The van der Waals surface area contributed by atoms with Gasteiger partial charge in [-0.05, 0) is 41.1 Å². The smallest absolute Gasteiger partial charge is 0.407 e. The van der Waals surface area contributed by atoms with Crippen LogP contribution >= 0.6 is 22.6 Å². The summed E-state index contributed by atoms with van der Waals surface area (Å²) in [6.07, 6.45) is -1.95. The normalized spacial score (nSPS) is 14.0. The van der Waals surface area contributed by atoms with E-state index in [-0.39, 0.29) is 0 Å². The summed E-state index contributed by atoms with van der Waals surface area (Å²) in [5.41, 5.74) is 0.763. The predicted molar refractivity (Wildman–Crippen MR) is 69.1 cm³/mol. The van der Waals surface area contributed by atoms with Gasteiger partial charge in [-0.25, -0.2) is 4.79 Å². The lowest BCUT2D eigenvalue weighted by Gasteiger charge is -2.20. The van der Waals surface area contributed by atoms with Crippen molar-refractivity contribution >= 4 is 28.7 Å². The summed E-state index contributed by atoms with van der Waals surface area (Å²) in [5.74, 6) is 0. The molecule has 1 aromatic carbocycles. The van der Waals surface area contributed by atoms with Crippen molar-refractivity contribution in [3.63, 3.8) is 0 Å². The van der Waals surface area contributed by atoms with E-state index in [1.54, 1.807) is 6.92 Å². The summed E-state index contributed by atoms with van der Waals surface area (Å²) in [4.78, 5) is 11.0. The average molecular weight is 335 g/mol. The van der Waals surface area contributed by atoms with E-state index in [9.17, 15) is 9.90 Å². The number of nitrogens with one attached hydrogen (secondary N) is 1. The van der Waals surface area contributed by atoms with Gasteiger partial charge < -0.3 is 15.2 Å². The topological polar surface area (TPSA) is 58.6 Å². The third-order valence-corrected chi connectivity index (χ3v) is 3.15. The van der Waals surface area contributed by atoms with Crippen LogP contribution in [0.15, 0.2) is 24.3 Å². The molecule has 1 aromatic rings. The van der Waals surface area contributed by atoms with E-state index in [1.165, 1.54) is 7.05 Å². The molecule has 88 valence electrons.